The van der Waals surface area contributed by atoms with Gasteiger partial charge in [0.2, 0.25) is 0 Å². The predicted octanol–water partition coefficient (Wildman–Crippen LogP) is 1.87. The van der Waals surface area contributed by atoms with Crippen molar-refractivity contribution >= 4 is 5.69 Å². The number of anilines is 1. The Labute approximate surface area is 120 Å². The van der Waals surface area contributed by atoms with Gasteiger partial charge in [0.1, 0.15) is 0 Å². The van der Waals surface area contributed by atoms with E-state index in [0.29, 0.717) is 0 Å². The van der Waals surface area contributed by atoms with E-state index in [1.54, 1.807) is 6.33 Å². The van der Waals surface area contributed by atoms with E-state index in [1.807, 2.05) is 24.0 Å². The number of aryl methyl sites for hydroxylation is 1. The van der Waals surface area contributed by atoms with E-state index in [4.69, 9.17) is 0 Å². The zero-order chi connectivity index (χ0) is 14.4. The zero-order valence-corrected chi connectivity index (χ0v) is 12.6. The van der Waals surface area contributed by atoms with Crippen molar-refractivity contribution in [1.82, 2.24) is 24.6 Å². The Hall–Kier alpha value is -1.82. The molecular weight excluding hydrogens is 252 g/mol. The summed E-state index contributed by atoms with van der Waals surface area (Å²) in [5, 5.41) is 7.72. The van der Waals surface area contributed by atoms with Crippen molar-refractivity contribution in [3.8, 4) is 0 Å². The molecule has 0 bridgehead atoms. The Morgan fingerprint density at radius 2 is 2.15 bits per heavy atom. The van der Waals surface area contributed by atoms with Crippen LogP contribution in [0.1, 0.15) is 25.2 Å². The van der Waals surface area contributed by atoms with Crippen LogP contribution in [0.5, 0.6) is 0 Å². The molecule has 0 saturated heterocycles. The molecule has 110 valence electrons. The van der Waals surface area contributed by atoms with Gasteiger partial charge in [0.15, 0.2) is 0 Å². The van der Waals surface area contributed by atoms with E-state index in [2.05, 4.69) is 39.1 Å². The quantitative estimate of drug-likeness (QED) is 0.772. The van der Waals surface area contributed by atoms with Crippen LogP contribution in [0.3, 0.4) is 0 Å². The minimum Gasteiger partial charge on any atom is -0.377 e. The summed E-state index contributed by atoms with van der Waals surface area (Å²) >= 11 is 0. The number of aromatic nitrogens is 4. The predicted molar refractivity (Wildman–Crippen MR) is 80.7 cm³/mol. The third kappa shape index (κ3) is 3.84. The number of aromatic amines is 1. The van der Waals surface area contributed by atoms with Crippen LogP contribution in [0, 0.1) is 6.92 Å². The maximum absolute atomic E-state index is 4.38. The van der Waals surface area contributed by atoms with Crippen molar-refractivity contribution in [2.75, 3.05) is 25.0 Å². The first kappa shape index (κ1) is 14.6. The van der Waals surface area contributed by atoms with Gasteiger partial charge in [-0.15, -0.1) is 0 Å². The van der Waals surface area contributed by atoms with E-state index in [0.717, 1.165) is 49.8 Å². The number of nitrogens with zero attached hydrogens (tertiary/aromatic N) is 4. The molecule has 0 fully saturated rings. The molecule has 6 nitrogen and oxygen atoms in total. The first-order valence-corrected chi connectivity index (χ1v) is 7.20. The van der Waals surface area contributed by atoms with Crippen molar-refractivity contribution in [1.29, 1.82) is 0 Å². The molecule has 0 aliphatic carbocycles. The number of hydrogen-bond donors (Lipinski definition) is 2. The highest BCUT2D eigenvalue weighted by atomic mass is 15.3. The lowest BCUT2D eigenvalue weighted by Gasteiger charge is -2.17. The number of hydrogen-bond acceptors (Lipinski definition) is 4. The Bertz CT molecular complexity index is 511. The van der Waals surface area contributed by atoms with Crippen LogP contribution in [0.4, 0.5) is 5.69 Å². The van der Waals surface area contributed by atoms with Crippen molar-refractivity contribution in [3.05, 3.63) is 30.1 Å². The van der Waals surface area contributed by atoms with E-state index >= 15 is 0 Å². The van der Waals surface area contributed by atoms with Crippen LogP contribution in [-0.2, 0) is 13.1 Å². The molecule has 0 aliphatic heterocycles. The van der Waals surface area contributed by atoms with Crippen molar-refractivity contribution in [2.24, 2.45) is 0 Å². The Kier molecular flexibility index (Phi) is 5.17. The number of nitrogens with one attached hydrogen (secondary N) is 2. The number of H-pyrrole nitrogens is 1. The van der Waals surface area contributed by atoms with Gasteiger partial charge in [-0.1, -0.05) is 13.8 Å². The highest BCUT2D eigenvalue weighted by molar-refractivity contribution is 5.38. The number of imidazole rings is 1. The summed E-state index contributed by atoms with van der Waals surface area (Å²) in [6.07, 6.45) is 5.63. The minimum atomic E-state index is 0.719. The summed E-state index contributed by atoms with van der Waals surface area (Å²) in [5.41, 5.74) is 3.18. The molecule has 0 aliphatic rings. The second-order valence-corrected chi connectivity index (χ2v) is 4.85. The van der Waals surface area contributed by atoms with Crippen molar-refractivity contribution in [3.63, 3.8) is 0 Å². The molecule has 20 heavy (non-hydrogen) atoms. The second-order valence-electron chi connectivity index (χ2n) is 4.85. The minimum absolute atomic E-state index is 0.719. The fraction of sp³-hybridized carbons (Fsp3) is 0.571. The van der Waals surface area contributed by atoms with Gasteiger partial charge in [0, 0.05) is 18.4 Å². The van der Waals surface area contributed by atoms with Gasteiger partial charge in [-0.25, -0.2) is 4.98 Å². The maximum Gasteiger partial charge on any atom is 0.0925 e. The third-order valence-corrected chi connectivity index (χ3v) is 3.57. The van der Waals surface area contributed by atoms with Gasteiger partial charge in [0.05, 0.1) is 37.0 Å². The molecule has 0 amide bonds. The number of likely N-dealkylation sites (N-methyl/N-ethyl adjacent to an activating group) is 1. The van der Waals surface area contributed by atoms with E-state index in [1.165, 1.54) is 0 Å². The summed E-state index contributed by atoms with van der Waals surface area (Å²) in [4.78, 5) is 9.74. The van der Waals surface area contributed by atoms with Crippen LogP contribution < -0.4 is 5.32 Å². The van der Waals surface area contributed by atoms with Gasteiger partial charge in [-0.2, -0.15) is 5.10 Å². The summed E-state index contributed by atoms with van der Waals surface area (Å²) in [6, 6.07) is 0. The molecule has 2 aromatic heterocycles. The van der Waals surface area contributed by atoms with Crippen LogP contribution in [0.25, 0.3) is 0 Å². The van der Waals surface area contributed by atoms with Gasteiger partial charge >= 0.3 is 0 Å². The topological polar surface area (TPSA) is 61.8 Å². The Morgan fingerprint density at radius 1 is 1.35 bits per heavy atom. The monoisotopic (exact) mass is 276 g/mol. The average molecular weight is 276 g/mol. The van der Waals surface area contributed by atoms with Crippen LogP contribution in [0.15, 0.2) is 18.7 Å². The van der Waals surface area contributed by atoms with Gasteiger partial charge in [-0.3, -0.25) is 4.68 Å². The standard InChI is InChI=1S/C14H24N6/c1-4-19(5-2)6-7-20-10-13(8-18-20)15-9-14-12(3)16-11-17-14/h8,10-11,15H,4-7,9H2,1-3H3,(H,16,17). The molecule has 0 saturated carbocycles. The van der Waals surface area contributed by atoms with Crippen LogP contribution in [0.2, 0.25) is 0 Å². The fourth-order valence-electron chi connectivity index (χ4n) is 2.11. The van der Waals surface area contributed by atoms with E-state index < -0.39 is 0 Å². The lowest BCUT2D eigenvalue weighted by atomic mass is 10.3. The summed E-state index contributed by atoms with van der Waals surface area (Å²) in [6.45, 7) is 11.2. The molecule has 2 rings (SSSR count). The highest BCUT2D eigenvalue weighted by Gasteiger charge is 2.04. The van der Waals surface area contributed by atoms with Gasteiger partial charge < -0.3 is 15.2 Å². The molecule has 0 radical (unpaired) electrons. The molecule has 0 atom stereocenters. The lowest BCUT2D eigenvalue weighted by Crippen LogP contribution is -2.27. The molecule has 0 spiro atoms. The first-order valence-electron chi connectivity index (χ1n) is 7.20. The van der Waals surface area contributed by atoms with Gasteiger partial charge in [0.25, 0.3) is 0 Å². The largest absolute Gasteiger partial charge is 0.377 e. The maximum atomic E-state index is 4.38. The molecule has 0 unspecified atom stereocenters. The molecule has 2 heterocycles. The molecule has 6 heteroatoms. The number of rotatable bonds is 8. The van der Waals surface area contributed by atoms with Crippen LogP contribution >= 0.6 is 0 Å². The summed E-state index contributed by atoms with van der Waals surface area (Å²) in [5.74, 6) is 0. The Morgan fingerprint density at radius 3 is 2.80 bits per heavy atom. The van der Waals surface area contributed by atoms with Crippen molar-refractivity contribution in [2.45, 2.75) is 33.9 Å². The highest BCUT2D eigenvalue weighted by Crippen LogP contribution is 2.08. The van der Waals surface area contributed by atoms with E-state index in [-0.39, 0.29) is 0 Å². The average Bonchev–Trinajstić information content (AvgIpc) is 3.07. The van der Waals surface area contributed by atoms with Crippen molar-refractivity contribution < 1.29 is 0 Å². The Balaban J connectivity index is 1.81. The normalized spacial score (nSPS) is 11.2. The molecular formula is C14H24N6. The SMILES string of the molecule is CCN(CC)CCn1cc(NCc2nc[nH]c2C)cn1. The smallest absolute Gasteiger partial charge is 0.0925 e. The van der Waals surface area contributed by atoms with Gasteiger partial charge in [-0.05, 0) is 20.0 Å². The molecule has 2 aromatic rings. The van der Waals surface area contributed by atoms with Crippen LogP contribution in [-0.4, -0.2) is 44.3 Å². The molecule has 2 N–H and O–H groups in total. The first-order chi connectivity index (χ1) is 9.72. The summed E-state index contributed by atoms with van der Waals surface area (Å²) in [7, 11) is 0. The molecule has 0 aromatic carbocycles. The van der Waals surface area contributed by atoms with E-state index in [9.17, 15) is 0 Å². The lowest BCUT2D eigenvalue weighted by molar-refractivity contribution is 0.285. The second kappa shape index (κ2) is 7.09. The summed E-state index contributed by atoms with van der Waals surface area (Å²) < 4.78 is 1.98. The zero-order valence-electron chi connectivity index (χ0n) is 12.6. The fourth-order valence-corrected chi connectivity index (χ4v) is 2.11. The third-order valence-electron chi connectivity index (χ3n) is 3.57.